The van der Waals surface area contributed by atoms with Crippen LogP contribution < -0.4 is 0 Å². The van der Waals surface area contributed by atoms with Crippen molar-refractivity contribution in [2.24, 2.45) is 23.2 Å². The first-order chi connectivity index (χ1) is 7.13. The number of fused-ring (bicyclic) bond motifs is 1. The van der Waals surface area contributed by atoms with Crippen LogP contribution in [0.15, 0.2) is 11.1 Å². The molecule has 4 atom stereocenters. The minimum absolute atomic E-state index is 0.0162. The second kappa shape index (κ2) is 3.00. The summed E-state index contributed by atoms with van der Waals surface area (Å²) in [5.41, 5.74) is 0.0162. The third-order valence-corrected chi connectivity index (χ3v) is 5.19. The molecule has 0 aliphatic heterocycles. The van der Waals surface area contributed by atoms with E-state index < -0.39 is 5.97 Å². The van der Waals surface area contributed by atoms with Crippen LogP contribution in [0.3, 0.4) is 0 Å². The van der Waals surface area contributed by atoms with Crippen LogP contribution in [0.4, 0.5) is 0 Å². The summed E-state index contributed by atoms with van der Waals surface area (Å²) in [7, 11) is 0. The molecule has 2 bridgehead atoms. The maximum absolute atomic E-state index is 11.3. The molecule has 2 nitrogen and oxygen atoms in total. The average Bonchev–Trinajstić information content (AvgIpc) is 2.71. The van der Waals surface area contributed by atoms with Crippen LogP contribution in [0.25, 0.3) is 0 Å². The number of hydrogen-bond donors (Lipinski definition) is 1. The molecular formula is C12H15ClO2. The van der Waals surface area contributed by atoms with Crippen molar-refractivity contribution in [3.63, 3.8) is 0 Å². The van der Waals surface area contributed by atoms with Crippen LogP contribution >= 0.6 is 11.6 Å². The summed E-state index contributed by atoms with van der Waals surface area (Å²) in [4.78, 5) is 11.3. The van der Waals surface area contributed by atoms with E-state index in [1.807, 2.05) is 0 Å². The van der Waals surface area contributed by atoms with Gasteiger partial charge in [-0.25, -0.2) is 0 Å². The maximum atomic E-state index is 11.3. The number of carboxylic acids is 1. The molecule has 1 N–H and O–H groups in total. The van der Waals surface area contributed by atoms with Crippen molar-refractivity contribution in [2.45, 2.75) is 32.1 Å². The molecule has 3 heteroatoms. The van der Waals surface area contributed by atoms with Crippen LogP contribution in [-0.4, -0.2) is 11.1 Å². The molecule has 3 aliphatic carbocycles. The summed E-state index contributed by atoms with van der Waals surface area (Å²) in [6.07, 6.45) is 7.19. The van der Waals surface area contributed by atoms with Crippen LogP contribution in [0.5, 0.6) is 0 Å². The fourth-order valence-corrected chi connectivity index (χ4v) is 4.68. The Morgan fingerprint density at radius 1 is 1.53 bits per heavy atom. The monoisotopic (exact) mass is 226 g/mol. The Balaban J connectivity index is 2.01. The Kier molecular flexibility index (Phi) is 1.94. The Morgan fingerprint density at radius 2 is 2.33 bits per heavy atom. The predicted molar refractivity (Wildman–Crippen MR) is 57.6 cm³/mol. The van der Waals surface area contributed by atoms with Gasteiger partial charge in [-0.1, -0.05) is 17.7 Å². The van der Waals surface area contributed by atoms with E-state index in [1.54, 1.807) is 0 Å². The summed E-state index contributed by atoms with van der Waals surface area (Å²) < 4.78 is 0. The van der Waals surface area contributed by atoms with E-state index in [4.69, 9.17) is 11.6 Å². The Morgan fingerprint density at radius 3 is 3.07 bits per heavy atom. The lowest BCUT2D eigenvalue weighted by atomic mass is 9.63. The zero-order chi connectivity index (χ0) is 10.6. The summed E-state index contributed by atoms with van der Waals surface area (Å²) in [5.74, 6) is 0.224. The maximum Gasteiger partial charge on any atom is 0.307 e. The third kappa shape index (κ3) is 1.14. The van der Waals surface area contributed by atoms with E-state index in [2.05, 4.69) is 6.08 Å². The summed E-state index contributed by atoms with van der Waals surface area (Å²) in [6, 6.07) is 0. The molecule has 0 aromatic rings. The van der Waals surface area contributed by atoms with Gasteiger partial charge in [0.25, 0.3) is 0 Å². The van der Waals surface area contributed by atoms with Crippen molar-refractivity contribution in [2.75, 3.05) is 0 Å². The molecule has 0 aromatic carbocycles. The molecule has 0 aromatic heterocycles. The second-order valence-electron chi connectivity index (χ2n) is 5.35. The molecule has 0 heterocycles. The molecular weight excluding hydrogens is 212 g/mol. The molecule has 2 fully saturated rings. The number of allylic oxidation sites excluding steroid dienone is 2. The smallest absolute Gasteiger partial charge is 0.307 e. The lowest BCUT2D eigenvalue weighted by Crippen LogP contribution is -2.39. The number of aliphatic carboxylic acids is 1. The van der Waals surface area contributed by atoms with Gasteiger partial charge in [0, 0.05) is 11.0 Å². The van der Waals surface area contributed by atoms with E-state index in [1.165, 1.54) is 0 Å². The largest absolute Gasteiger partial charge is 0.481 e. The molecule has 0 amide bonds. The van der Waals surface area contributed by atoms with Crippen LogP contribution in [0, 0.1) is 23.2 Å². The van der Waals surface area contributed by atoms with Crippen molar-refractivity contribution in [3.8, 4) is 0 Å². The van der Waals surface area contributed by atoms with E-state index in [-0.39, 0.29) is 11.3 Å². The number of carboxylic acid groups (broad SMARTS) is 1. The van der Waals surface area contributed by atoms with Gasteiger partial charge in [0.05, 0.1) is 5.92 Å². The quantitative estimate of drug-likeness (QED) is 0.746. The van der Waals surface area contributed by atoms with Crippen LogP contribution in [0.2, 0.25) is 0 Å². The van der Waals surface area contributed by atoms with Gasteiger partial charge in [0.15, 0.2) is 0 Å². The van der Waals surface area contributed by atoms with Gasteiger partial charge in [-0.2, -0.15) is 0 Å². The van der Waals surface area contributed by atoms with E-state index >= 15 is 0 Å². The second-order valence-corrected chi connectivity index (χ2v) is 5.78. The number of hydrogen-bond acceptors (Lipinski definition) is 1. The van der Waals surface area contributed by atoms with Gasteiger partial charge in [-0.3, -0.25) is 4.79 Å². The minimum atomic E-state index is -0.603. The first-order valence-electron chi connectivity index (χ1n) is 5.72. The predicted octanol–water partition coefficient (Wildman–Crippen LogP) is 3.02. The number of carbonyl (C=O) groups is 1. The first-order valence-corrected chi connectivity index (χ1v) is 6.09. The van der Waals surface area contributed by atoms with Gasteiger partial charge in [-0.05, 0) is 43.4 Å². The average molecular weight is 227 g/mol. The molecule has 15 heavy (non-hydrogen) atoms. The summed E-state index contributed by atoms with van der Waals surface area (Å²) >= 11 is 6.24. The molecule has 4 unspecified atom stereocenters. The fourth-order valence-electron chi connectivity index (χ4n) is 4.27. The highest BCUT2D eigenvalue weighted by Gasteiger charge is 2.61. The number of halogens is 1. The fraction of sp³-hybridized carbons (Fsp3) is 0.750. The van der Waals surface area contributed by atoms with Crippen LogP contribution in [-0.2, 0) is 4.79 Å². The molecule has 0 radical (unpaired) electrons. The van der Waals surface area contributed by atoms with Crippen molar-refractivity contribution < 1.29 is 9.90 Å². The zero-order valence-corrected chi connectivity index (χ0v) is 9.33. The van der Waals surface area contributed by atoms with Crippen molar-refractivity contribution in [3.05, 3.63) is 11.1 Å². The van der Waals surface area contributed by atoms with E-state index in [0.29, 0.717) is 11.8 Å². The molecule has 2 saturated carbocycles. The lowest BCUT2D eigenvalue weighted by Gasteiger charge is -2.42. The van der Waals surface area contributed by atoms with Gasteiger partial charge >= 0.3 is 5.97 Å². The van der Waals surface area contributed by atoms with Crippen molar-refractivity contribution in [1.82, 2.24) is 0 Å². The molecule has 0 saturated heterocycles. The SMILES string of the molecule is O=C(O)C1CC2CC3C(Cl)=CCCC13C2. The molecule has 3 rings (SSSR count). The van der Waals surface area contributed by atoms with Gasteiger partial charge in [0.2, 0.25) is 0 Å². The van der Waals surface area contributed by atoms with Gasteiger partial charge in [0.1, 0.15) is 0 Å². The van der Waals surface area contributed by atoms with Gasteiger partial charge < -0.3 is 5.11 Å². The summed E-state index contributed by atoms with van der Waals surface area (Å²) in [5, 5.41) is 10.2. The van der Waals surface area contributed by atoms with Crippen molar-refractivity contribution in [1.29, 1.82) is 0 Å². The highest BCUT2D eigenvalue weighted by molar-refractivity contribution is 6.30. The number of rotatable bonds is 1. The standard InChI is InChI=1S/C12H15ClO2/c13-10-2-1-3-12-6-7(4-8(10)12)5-9(12)11(14)15/h2,7-9H,1,3-6H2,(H,14,15). The molecule has 82 valence electrons. The minimum Gasteiger partial charge on any atom is -0.481 e. The van der Waals surface area contributed by atoms with E-state index in [0.717, 1.165) is 37.1 Å². The summed E-state index contributed by atoms with van der Waals surface area (Å²) in [6.45, 7) is 0. The van der Waals surface area contributed by atoms with E-state index in [9.17, 15) is 9.90 Å². The molecule has 3 aliphatic rings. The van der Waals surface area contributed by atoms with Crippen LogP contribution in [0.1, 0.15) is 32.1 Å². The first kappa shape index (κ1) is 9.71. The lowest BCUT2D eigenvalue weighted by molar-refractivity contribution is -0.147. The van der Waals surface area contributed by atoms with Crippen molar-refractivity contribution >= 4 is 17.6 Å². The van der Waals surface area contributed by atoms with Gasteiger partial charge in [-0.15, -0.1) is 0 Å². The topological polar surface area (TPSA) is 37.3 Å². The normalized spacial score (nSPS) is 47.5. The zero-order valence-electron chi connectivity index (χ0n) is 8.58. The highest BCUT2D eigenvalue weighted by Crippen LogP contribution is 2.66. The molecule has 1 spiro atoms. The Hall–Kier alpha value is -0.500. The highest BCUT2D eigenvalue weighted by atomic mass is 35.5. The third-order valence-electron chi connectivity index (χ3n) is 4.77. The Labute approximate surface area is 94.3 Å². The Bertz CT molecular complexity index is 350.